The number of hydrogen-bond donors (Lipinski definition) is 0. The van der Waals surface area contributed by atoms with Crippen molar-refractivity contribution < 1.29 is 14.3 Å². The monoisotopic (exact) mass is 268 g/mol. The number of nitrogens with zero attached hydrogens (tertiary/aromatic N) is 2. The Kier molecular flexibility index (Phi) is 4.13. The van der Waals surface area contributed by atoms with E-state index in [1.54, 1.807) is 4.90 Å². The Hall–Kier alpha value is -1.10. The molecule has 1 saturated heterocycles. The van der Waals surface area contributed by atoms with Gasteiger partial charge in [0.1, 0.15) is 5.41 Å². The van der Waals surface area contributed by atoms with Gasteiger partial charge >= 0.3 is 5.97 Å². The predicted molar refractivity (Wildman–Crippen MR) is 71.5 cm³/mol. The Labute approximate surface area is 114 Å². The second kappa shape index (κ2) is 5.49. The normalized spacial score (nSPS) is 22.9. The first-order valence-corrected chi connectivity index (χ1v) is 7.02. The molecular formula is C14H24N2O3. The zero-order valence-electron chi connectivity index (χ0n) is 12.1. The van der Waals surface area contributed by atoms with Gasteiger partial charge in [0.15, 0.2) is 0 Å². The molecule has 0 aromatic carbocycles. The fourth-order valence-electron chi connectivity index (χ4n) is 2.91. The van der Waals surface area contributed by atoms with E-state index in [0.29, 0.717) is 18.8 Å². The van der Waals surface area contributed by atoms with Gasteiger partial charge in [-0.3, -0.25) is 9.59 Å². The molecule has 5 heteroatoms. The van der Waals surface area contributed by atoms with Crippen molar-refractivity contribution in [3.63, 3.8) is 0 Å². The van der Waals surface area contributed by atoms with Gasteiger partial charge in [0.25, 0.3) is 0 Å². The number of esters is 1. The van der Waals surface area contributed by atoms with Gasteiger partial charge < -0.3 is 14.5 Å². The molecule has 2 rings (SSSR count). The summed E-state index contributed by atoms with van der Waals surface area (Å²) in [6.45, 7) is 2.94. The van der Waals surface area contributed by atoms with E-state index in [0.717, 1.165) is 32.5 Å². The molecule has 0 spiro atoms. The predicted octanol–water partition coefficient (Wildman–Crippen LogP) is 0.740. The molecule has 0 aromatic rings. The van der Waals surface area contributed by atoms with Crippen molar-refractivity contribution in [2.24, 2.45) is 11.3 Å². The third-order valence-corrected chi connectivity index (χ3v) is 4.45. The topological polar surface area (TPSA) is 49.9 Å². The number of amides is 1. The van der Waals surface area contributed by atoms with Crippen LogP contribution in [0.25, 0.3) is 0 Å². The molecule has 2 aliphatic rings. The molecule has 0 unspecified atom stereocenters. The summed E-state index contributed by atoms with van der Waals surface area (Å²) in [7, 11) is 5.29. The van der Waals surface area contributed by atoms with Gasteiger partial charge in [-0.2, -0.15) is 0 Å². The number of ether oxygens (including phenoxy) is 1. The van der Waals surface area contributed by atoms with E-state index < -0.39 is 5.41 Å². The highest BCUT2D eigenvalue weighted by Gasteiger charge is 2.58. The van der Waals surface area contributed by atoms with Crippen LogP contribution in [0, 0.1) is 11.3 Å². The SMILES string of the molecule is COC(=O)C1(C(=O)N(C)CC2CCN(C)CC2)CC1. The molecule has 0 atom stereocenters. The van der Waals surface area contributed by atoms with Crippen molar-refractivity contribution in [2.45, 2.75) is 25.7 Å². The van der Waals surface area contributed by atoms with Crippen LogP contribution < -0.4 is 0 Å². The lowest BCUT2D eigenvalue weighted by Gasteiger charge is -2.32. The summed E-state index contributed by atoms with van der Waals surface area (Å²) in [5.41, 5.74) is -0.852. The molecular weight excluding hydrogens is 244 g/mol. The Bertz CT molecular complexity index is 358. The molecule has 1 heterocycles. The molecule has 0 N–H and O–H groups in total. The van der Waals surface area contributed by atoms with Crippen LogP contribution in [0.4, 0.5) is 0 Å². The fraction of sp³-hybridized carbons (Fsp3) is 0.857. The quantitative estimate of drug-likeness (QED) is 0.557. The van der Waals surface area contributed by atoms with E-state index in [4.69, 9.17) is 4.74 Å². The lowest BCUT2D eigenvalue weighted by atomic mass is 9.96. The minimum Gasteiger partial charge on any atom is -0.468 e. The second-order valence-corrected chi connectivity index (χ2v) is 6.01. The lowest BCUT2D eigenvalue weighted by molar-refractivity contribution is -0.155. The maximum atomic E-state index is 12.4. The van der Waals surface area contributed by atoms with E-state index in [1.807, 2.05) is 7.05 Å². The zero-order chi connectivity index (χ0) is 14.0. The maximum absolute atomic E-state index is 12.4. The third-order valence-electron chi connectivity index (χ3n) is 4.45. The summed E-state index contributed by atoms with van der Waals surface area (Å²) in [5.74, 6) is 0.129. The molecule has 1 aliphatic heterocycles. The Balaban J connectivity index is 1.88. The number of carbonyl (C=O) groups is 2. The minimum atomic E-state index is -0.852. The average Bonchev–Trinajstić information content (AvgIpc) is 3.21. The third kappa shape index (κ3) is 2.91. The summed E-state index contributed by atoms with van der Waals surface area (Å²) in [6, 6.07) is 0. The van der Waals surface area contributed by atoms with Crippen LogP contribution in [-0.2, 0) is 14.3 Å². The van der Waals surface area contributed by atoms with Gasteiger partial charge in [0.05, 0.1) is 7.11 Å². The van der Waals surface area contributed by atoms with Crippen LogP contribution in [0.15, 0.2) is 0 Å². The molecule has 0 radical (unpaired) electrons. The Morgan fingerprint density at radius 1 is 1.32 bits per heavy atom. The first-order valence-electron chi connectivity index (χ1n) is 7.02. The number of rotatable bonds is 4. The van der Waals surface area contributed by atoms with Gasteiger partial charge in [-0.25, -0.2) is 0 Å². The van der Waals surface area contributed by atoms with Crippen LogP contribution in [0.1, 0.15) is 25.7 Å². The molecule has 0 aromatic heterocycles. The molecule has 1 saturated carbocycles. The summed E-state index contributed by atoms with van der Waals surface area (Å²) >= 11 is 0. The zero-order valence-corrected chi connectivity index (χ0v) is 12.1. The van der Waals surface area contributed by atoms with Crippen molar-refractivity contribution in [1.82, 2.24) is 9.80 Å². The number of hydrogen-bond acceptors (Lipinski definition) is 4. The van der Waals surface area contributed by atoms with E-state index in [-0.39, 0.29) is 11.9 Å². The molecule has 5 nitrogen and oxygen atoms in total. The second-order valence-electron chi connectivity index (χ2n) is 6.01. The van der Waals surface area contributed by atoms with E-state index in [2.05, 4.69) is 11.9 Å². The van der Waals surface area contributed by atoms with Gasteiger partial charge in [-0.15, -0.1) is 0 Å². The molecule has 108 valence electrons. The van der Waals surface area contributed by atoms with Crippen LogP contribution >= 0.6 is 0 Å². The highest BCUT2D eigenvalue weighted by molar-refractivity contribution is 6.05. The van der Waals surface area contributed by atoms with E-state index in [1.165, 1.54) is 7.11 Å². The minimum absolute atomic E-state index is 0.0571. The van der Waals surface area contributed by atoms with Crippen molar-refractivity contribution in [2.75, 3.05) is 40.8 Å². The van der Waals surface area contributed by atoms with Gasteiger partial charge in [-0.05, 0) is 51.7 Å². The first kappa shape index (κ1) is 14.3. The fourth-order valence-corrected chi connectivity index (χ4v) is 2.91. The highest BCUT2D eigenvalue weighted by atomic mass is 16.5. The molecule has 2 fully saturated rings. The average molecular weight is 268 g/mol. The van der Waals surface area contributed by atoms with Crippen molar-refractivity contribution in [1.29, 1.82) is 0 Å². The Morgan fingerprint density at radius 2 is 1.89 bits per heavy atom. The lowest BCUT2D eigenvalue weighted by Crippen LogP contribution is -2.43. The molecule has 0 bridgehead atoms. The first-order chi connectivity index (χ1) is 8.99. The van der Waals surface area contributed by atoms with Gasteiger partial charge in [0, 0.05) is 13.6 Å². The van der Waals surface area contributed by atoms with Crippen LogP contribution in [0.3, 0.4) is 0 Å². The summed E-state index contributed by atoms with van der Waals surface area (Å²) in [5, 5.41) is 0. The van der Waals surface area contributed by atoms with Gasteiger partial charge in [0.2, 0.25) is 5.91 Å². The molecule has 1 amide bonds. The standard InChI is InChI=1S/C14H24N2O3/c1-15-8-4-11(5-9-15)10-16(2)12(17)14(6-7-14)13(18)19-3/h11H,4-10H2,1-3H3. The van der Waals surface area contributed by atoms with Gasteiger partial charge in [-0.1, -0.05) is 0 Å². The maximum Gasteiger partial charge on any atom is 0.321 e. The summed E-state index contributed by atoms with van der Waals surface area (Å²) in [4.78, 5) is 28.1. The Morgan fingerprint density at radius 3 is 2.37 bits per heavy atom. The van der Waals surface area contributed by atoms with Crippen LogP contribution in [0.2, 0.25) is 0 Å². The van der Waals surface area contributed by atoms with E-state index >= 15 is 0 Å². The summed E-state index contributed by atoms with van der Waals surface area (Å²) < 4.78 is 4.76. The van der Waals surface area contributed by atoms with Crippen LogP contribution in [0.5, 0.6) is 0 Å². The van der Waals surface area contributed by atoms with Crippen molar-refractivity contribution in [3.8, 4) is 0 Å². The smallest absolute Gasteiger partial charge is 0.321 e. The molecule has 19 heavy (non-hydrogen) atoms. The highest BCUT2D eigenvalue weighted by Crippen LogP contribution is 2.48. The number of piperidine rings is 1. The number of methoxy groups -OCH3 is 1. The van der Waals surface area contributed by atoms with E-state index in [9.17, 15) is 9.59 Å². The summed E-state index contributed by atoms with van der Waals surface area (Å²) in [6.07, 6.45) is 3.52. The number of likely N-dealkylation sites (tertiary alicyclic amines) is 1. The molecule has 1 aliphatic carbocycles. The van der Waals surface area contributed by atoms with Crippen LogP contribution in [-0.4, -0.2) is 62.5 Å². The largest absolute Gasteiger partial charge is 0.468 e. The number of carbonyl (C=O) groups excluding carboxylic acids is 2. The van der Waals surface area contributed by atoms with Crippen molar-refractivity contribution in [3.05, 3.63) is 0 Å². The van der Waals surface area contributed by atoms with Crippen molar-refractivity contribution >= 4 is 11.9 Å².